The van der Waals surface area contributed by atoms with Crippen LogP contribution in [0.5, 0.6) is 5.88 Å². The van der Waals surface area contributed by atoms with Crippen LogP contribution in [-0.4, -0.2) is 28.1 Å². The molecule has 2 aromatic carbocycles. The molecule has 0 aliphatic carbocycles. The number of nitrogens with zero attached hydrogens (tertiary/aromatic N) is 3. The second kappa shape index (κ2) is 7.71. The fourth-order valence-electron chi connectivity index (χ4n) is 2.49. The number of hydroxylamine groups is 1. The number of amides is 1. The van der Waals surface area contributed by atoms with Crippen LogP contribution in [0.1, 0.15) is 11.1 Å². The van der Waals surface area contributed by atoms with Crippen molar-refractivity contribution in [2.75, 3.05) is 12.2 Å². The number of carboxylic acid groups (broad SMARTS) is 1. The lowest BCUT2D eigenvalue weighted by Crippen LogP contribution is -2.28. The Morgan fingerprint density at radius 1 is 1.15 bits per heavy atom. The van der Waals surface area contributed by atoms with Gasteiger partial charge in [-0.2, -0.15) is 5.06 Å². The van der Waals surface area contributed by atoms with Crippen LogP contribution < -0.4 is 9.80 Å². The molecule has 134 valence electrons. The molecule has 1 amide bonds. The molecule has 0 radical (unpaired) electrons. The van der Waals surface area contributed by atoms with Crippen molar-refractivity contribution in [3.63, 3.8) is 0 Å². The molecule has 1 N–H and O–H groups in total. The monoisotopic (exact) mass is 353 g/mol. The molecule has 0 saturated heterocycles. The summed E-state index contributed by atoms with van der Waals surface area (Å²) < 4.78 is 7.45. The van der Waals surface area contributed by atoms with Crippen LogP contribution in [0.2, 0.25) is 0 Å². The van der Waals surface area contributed by atoms with Crippen molar-refractivity contribution in [3.05, 3.63) is 71.9 Å². The van der Waals surface area contributed by atoms with Gasteiger partial charge >= 0.3 is 6.09 Å². The largest absolute Gasteiger partial charge is 0.472 e. The molecule has 0 unspecified atom stereocenters. The van der Waals surface area contributed by atoms with E-state index in [9.17, 15) is 9.90 Å². The summed E-state index contributed by atoms with van der Waals surface area (Å²) in [7, 11) is 1.30. The van der Waals surface area contributed by atoms with Crippen LogP contribution >= 0.6 is 0 Å². The highest BCUT2D eigenvalue weighted by Crippen LogP contribution is 2.22. The summed E-state index contributed by atoms with van der Waals surface area (Å²) in [6.07, 6.45) is 0.605. The molecule has 0 saturated carbocycles. The summed E-state index contributed by atoms with van der Waals surface area (Å²) in [4.78, 5) is 16.2. The molecule has 3 aromatic rings. The zero-order valence-corrected chi connectivity index (χ0v) is 14.5. The van der Waals surface area contributed by atoms with Crippen LogP contribution in [-0.2, 0) is 11.4 Å². The quantitative estimate of drug-likeness (QED) is 0.682. The van der Waals surface area contributed by atoms with Crippen LogP contribution in [0, 0.1) is 6.92 Å². The van der Waals surface area contributed by atoms with Crippen LogP contribution in [0.25, 0.3) is 5.69 Å². The van der Waals surface area contributed by atoms with Crippen molar-refractivity contribution in [1.29, 1.82) is 0 Å². The van der Waals surface area contributed by atoms with E-state index in [2.05, 4.69) is 5.10 Å². The Kier molecular flexibility index (Phi) is 5.19. The fourth-order valence-corrected chi connectivity index (χ4v) is 2.49. The number of hydrogen-bond donors (Lipinski definition) is 1. The number of carbonyl (C=O) groups is 1. The number of hydrogen-bond acceptors (Lipinski definition) is 4. The van der Waals surface area contributed by atoms with Crippen molar-refractivity contribution in [2.45, 2.75) is 13.5 Å². The molecule has 0 aliphatic heterocycles. The number of aromatic nitrogens is 2. The third-order valence-electron chi connectivity index (χ3n) is 3.81. The summed E-state index contributed by atoms with van der Waals surface area (Å²) >= 11 is 0. The summed E-state index contributed by atoms with van der Waals surface area (Å²) in [5, 5.41) is 14.4. The SMILES string of the molecule is CON(C(=O)O)c1ccccc1COc1ccn(-c2ccc(C)cc2)n1. The first kappa shape index (κ1) is 17.5. The molecule has 0 bridgehead atoms. The highest BCUT2D eigenvalue weighted by atomic mass is 16.7. The molecule has 0 spiro atoms. The zero-order valence-electron chi connectivity index (χ0n) is 14.5. The van der Waals surface area contributed by atoms with Gasteiger partial charge in [0.2, 0.25) is 5.88 Å². The average Bonchev–Trinajstić information content (AvgIpc) is 3.11. The van der Waals surface area contributed by atoms with Gasteiger partial charge in [0, 0.05) is 17.8 Å². The van der Waals surface area contributed by atoms with Crippen molar-refractivity contribution in [3.8, 4) is 11.6 Å². The third kappa shape index (κ3) is 3.84. The minimum absolute atomic E-state index is 0.161. The Labute approximate surface area is 151 Å². The number of para-hydroxylation sites is 1. The van der Waals surface area contributed by atoms with Gasteiger partial charge in [-0.15, -0.1) is 5.10 Å². The van der Waals surface area contributed by atoms with Gasteiger partial charge in [-0.25, -0.2) is 9.48 Å². The van der Waals surface area contributed by atoms with Crippen molar-refractivity contribution < 1.29 is 19.5 Å². The smallest absolute Gasteiger partial charge is 0.436 e. The number of anilines is 1. The predicted octanol–water partition coefficient (Wildman–Crippen LogP) is 3.81. The summed E-state index contributed by atoms with van der Waals surface area (Å²) in [6, 6.07) is 16.7. The second-order valence-corrected chi connectivity index (χ2v) is 5.61. The van der Waals surface area contributed by atoms with E-state index < -0.39 is 6.09 Å². The molecule has 0 fully saturated rings. The maximum atomic E-state index is 11.3. The molecule has 0 aliphatic rings. The maximum Gasteiger partial charge on any atom is 0.436 e. The first-order valence-corrected chi connectivity index (χ1v) is 7.99. The van der Waals surface area contributed by atoms with Gasteiger partial charge in [-0.05, 0) is 25.1 Å². The Hall–Kier alpha value is -3.32. The van der Waals surface area contributed by atoms with Gasteiger partial charge in [-0.1, -0.05) is 35.9 Å². The summed E-state index contributed by atoms with van der Waals surface area (Å²) in [5.74, 6) is 0.444. The topological polar surface area (TPSA) is 76.8 Å². The van der Waals surface area contributed by atoms with Crippen LogP contribution in [0.15, 0.2) is 60.8 Å². The number of rotatable bonds is 6. The molecule has 26 heavy (non-hydrogen) atoms. The zero-order chi connectivity index (χ0) is 18.5. The third-order valence-corrected chi connectivity index (χ3v) is 3.81. The normalized spacial score (nSPS) is 10.5. The van der Waals surface area contributed by atoms with E-state index in [0.29, 0.717) is 17.1 Å². The molecule has 7 nitrogen and oxygen atoms in total. The average molecular weight is 353 g/mol. The number of benzene rings is 2. The first-order valence-electron chi connectivity index (χ1n) is 7.99. The van der Waals surface area contributed by atoms with E-state index >= 15 is 0 Å². The molecule has 1 heterocycles. The van der Waals surface area contributed by atoms with Gasteiger partial charge in [0.25, 0.3) is 0 Å². The minimum atomic E-state index is -1.21. The highest BCUT2D eigenvalue weighted by Gasteiger charge is 2.17. The number of ether oxygens (including phenoxy) is 1. The van der Waals surface area contributed by atoms with Crippen molar-refractivity contribution >= 4 is 11.8 Å². The van der Waals surface area contributed by atoms with Gasteiger partial charge in [0.1, 0.15) is 6.61 Å². The van der Waals surface area contributed by atoms with E-state index in [1.165, 1.54) is 12.7 Å². The summed E-state index contributed by atoms with van der Waals surface area (Å²) in [6.45, 7) is 2.19. The second-order valence-electron chi connectivity index (χ2n) is 5.61. The predicted molar refractivity (Wildman–Crippen MR) is 96.6 cm³/mol. The molecular formula is C19H19N3O4. The Bertz CT molecular complexity index is 890. The van der Waals surface area contributed by atoms with E-state index in [4.69, 9.17) is 9.57 Å². The van der Waals surface area contributed by atoms with E-state index in [-0.39, 0.29) is 6.61 Å². The number of aryl methyl sites for hydroxylation is 1. The lowest BCUT2D eigenvalue weighted by Gasteiger charge is -2.19. The minimum Gasteiger partial charge on any atom is -0.472 e. The van der Waals surface area contributed by atoms with E-state index in [0.717, 1.165) is 10.8 Å². The van der Waals surface area contributed by atoms with Crippen LogP contribution in [0.3, 0.4) is 0 Å². The molecule has 0 atom stereocenters. The lowest BCUT2D eigenvalue weighted by molar-refractivity contribution is 0.129. The Morgan fingerprint density at radius 2 is 1.88 bits per heavy atom. The van der Waals surface area contributed by atoms with Crippen molar-refractivity contribution in [2.24, 2.45) is 0 Å². The molecule has 1 aromatic heterocycles. The Balaban J connectivity index is 1.74. The van der Waals surface area contributed by atoms with Gasteiger partial charge < -0.3 is 9.84 Å². The van der Waals surface area contributed by atoms with Gasteiger partial charge in [0.05, 0.1) is 18.5 Å². The standard InChI is InChI=1S/C19H19N3O4/c1-14-7-9-16(10-8-14)21-12-11-18(20-21)26-13-15-5-3-4-6-17(15)22(25-2)19(23)24/h3-12H,13H2,1-2H3,(H,23,24). The molecular weight excluding hydrogens is 334 g/mol. The van der Waals surface area contributed by atoms with E-state index in [1.807, 2.05) is 43.5 Å². The van der Waals surface area contributed by atoms with Crippen LogP contribution in [0.4, 0.5) is 10.5 Å². The lowest BCUT2D eigenvalue weighted by atomic mass is 10.2. The molecule has 3 rings (SSSR count). The first-order chi connectivity index (χ1) is 12.6. The van der Waals surface area contributed by atoms with Crippen molar-refractivity contribution in [1.82, 2.24) is 9.78 Å². The summed E-state index contributed by atoms with van der Waals surface area (Å²) in [5.41, 5.74) is 3.18. The molecule has 7 heteroatoms. The van der Waals surface area contributed by atoms with E-state index in [1.54, 1.807) is 28.9 Å². The maximum absolute atomic E-state index is 11.3. The fraction of sp³-hybridized carbons (Fsp3) is 0.158. The van der Waals surface area contributed by atoms with Gasteiger partial charge in [0.15, 0.2) is 0 Å². The Morgan fingerprint density at radius 3 is 2.58 bits per heavy atom. The van der Waals surface area contributed by atoms with Gasteiger partial charge in [-0.3, -0.25) is 4.84 Å². The highest BCUT2D eigenvalue weighted by molar-refractivity contribution is 5.84.